The maximum absolute atomic E-state index is 12.4. The Balaban J connectivity index is 1.65. The summed E-state index contributed by atoms with van der Waals surface area (Å²) in [6, 6.07) is 11.1. The van der Waals surface area contributed by atoms with Crippen molar-refractivity contribution in [1.29, 1.82) is 0 Å². The number of methoxy groups -OCH3 is 2. The van der Waals surface area contributed by atoms with Crippen LogP contribution in [0.4, 0.5) is 24.7 Å². The van der Waals surface area contributed by atoms with Crippen LogP contribution < -0.4 is 19.5 Å². The summed E-state index contributed by atoms with van der Waals surface area (Å²) in [6.45, 7) is 2.02. The summed E-state index contributed by atoms with van der Waals surface area (Å²) in [5, 5.41) is 7.55. The van der Waals surface area contributed by atoms with Crippen LogP contribution in [0.15, 0.2) is 54.9 Å². The lowest BCUT2D eigenvalue weighted by Gasteiger charge is -2.15. The molecule has 2 aromatic heterocycles. The minimum absolute atomic E-state index is 0.293. The first-order valence-electron chi connectivity index (χ1n) is 10.0. The second-order valence-electron chi connectivity index (χ2n) is 7.06. The predicted octanol–water partition coefficient (Wildman–Crippen LogP) is 5.62. The SMILES string of the molecule is CCc1cc(Nc2ccn3ncc(-c4ccc(OC(F)(F)F)cc4)c3n2)cc(OC)c1OC. The summed E-state index contributed by atoms with van der Waals surface area (Å²) in [5.74, 6) is 1.56. The van der Waals surface area contributed by atoms with Crippen molar-refractivity contribution < 1.29 is 27.4 Å². The van der Waals surface area contributed by atoms with Gasteiger partial charge in [0.05, 0.1) is 20.4 Å². The summed E-state index contributed by atoms with van der Waals surface area (Å²) in [7, 11) is 3.18. The smallest absolute Gasteiger partial charge is 0.493 e. The van der Waals surface area contributed by atoms with Crippen LogP contribution in [0.25, 0.3) is 16.8 Å². The van der Waals surface area contributed by atoms with E-state index in [9.17, 15) is 13.2 Å². The number of hydrogen-bond acceptors (Lipinski definition) is 6. The Morgan fingerprint density at radius 3 is 2.42 bits per heavy atom. The van der Waals surface area contributed by atoms with Crippen LogP contribution in [0, 0.1) is 0 Å². The number of aryl methyl sites for hydroxylation is 1. The van der Waals surface area contributed by atoms with Gasteiger partial charge in [0.2, 0.25) is 0 Å². The molecule has 0 saturated carbocycles. The number of anilines is 2. The lowest BCUT2D eigenvalue weighted by Crippen LogP contribution is -2.16. The monoisotopic (exact) mass is 458 g/mol. The summed E-state index contributed by atoms with van der Waals surface area (Å²) in [5.41, 5.74) is 3.62. The fourth-order valence-corrected chi connectivity index (χ4v) is 3.50. The number of fused-ring (bicyclic) bond motifs is 1. The highest BCUT2D eigenvalue weighted by molar-refractivity contribution is 5.78. The molecular weight excluding hydrogens is 437 g/mol. The second kappa shape index (κ2) is 8.89. The van der Waals surface area contributed by atoms with Crippen molar-refractivity contribution >= 4 is 17.2 Å². The zero-order chi connectivity index (χ0) is 23.6. The van der Waals surface area contributed by atoms with Gasteiger partial charge in [0.25, 0.3) is 0 Å². The van der Waals surface area contributed by atoms with E-state index in [2.05, 4.69) is 20.1 Å². The lowest BCUT2D eigenvalue weighted by molar-refractivity contribution is -0.274. The fraction of sp³-hybridized carbons (Fsp3) is 0.217. The number of benzene rings is 2. The molecule has 0 aliphatic heterocycles. The quantitative estimate of drug-likeness (QED) is 0.388. The van der Waals surface area contributed by atoms with E-state index in [0.717, 1.165) is 17.7 Å². The van der Waals surface area contributed by atoms with Crippen molar-refractivity contribution in [3.05, 3.63) is 60.4 Å². The van der Waals surface area contributed by atoms with E-state index in [1.165, 1.54) is 24.3 Å². The number of alkyl halides is 3. The number of nitrogens with zero attached hydrogens (tertiary/aromatic N) is 3. The van der Waals surface area contributed by atoms with Crippen LogP contribution in [-0.2, 0) is 6.42 Å². The van der Waals surface area contributed by atoms with E-state index in [0.29, 0.717) is 34.1 Å². The third-order valence-electron chi connectivity index (χ3n) is 4.98. The average molecular weight is 458 g/mol. The van der Waals surface area contributed by atoms with Crippen LogP contribution in [0.1, 0.15) is 12.5 Å². The number of halogens is 3. The van der Waals surface area contributed by atoms with Gasteiger partial charge in [0.1, 0.15) is 11.6 Å². The minimum atomic E-state index is -4.74. The predicted molar refractivity (Wildman–Crippen MR) is 117 cm³/mol. The zero-order valence-electron chi connectivity index (χ0n) is 18.1. The van der Waals surface area contributed by atoms with Crippen molar-refractivity contribution in [3.63, 3.8) is 0 Å². The molecular formula is C23H21F3N4O3. The van der Waals surface area contributed by atoms with Gasteiger partial charge in [-0.05, 0) is 41.8 Å². The van der Waals surface area contributed by atoms with Gasteiger partial charge in [-0.15, -0.1) is 13.2 Å². The third kappa shape index (κ3) is 4.79. The normalized spacial score (nSPS) is 11.5. The first-order chi connectivity index (χ1) is 15.8. The molecule has 2 aromatic carbocycles. The van der Waals surface area contributed by atoms with Gasteiger partial charge in [0, 0.05) is 23.5 Å². The van der Waals surface area contributed by atoms with Crippen molar-refractivity contribution in [3.8, 4) is 28.4 Å². The number of rotatable bonds is 7. The van der Waals surface area contributed by atoms with Crippen LogP contribution >= 0.6 is 0 Å². The molecule has 0 saturated heterocycles. The van der Waals surface area contributed by atoms with E-state index in [1.807, 2.05) is 19.1 Å². The summed E-state index contributed by atoms with van der Waals surface area (Å²) < 4.78 is 53.7. The molecule has 4 rings (SSSR count). The molecule has 0 atom stereocenters. The van der Waals surface area contributed by atoms with Gasteiger partial charge in [-0.3, -0.25) is 0 Å². The lowest BCUT2D eigenvalue weighted by atomic mass is 10.1. The second-order valence-corrected chi connectivity index (χ2v) is 7.06. The molecule has 33 heavy (non-hydrogen) atoms. The van der Waals surface area contributed by atoms with E-state index in [1.54, 1.807) is 37.2 Å². The minimum Gasteiger partial charge on any atom is -0.493 e. The molecule has 0 fully saturated rings. The highest BCUT2D eigenvalue weighted by Crippen LogP contribution is 2.36. The Hall–Kier alpha value is -3.95. The molecule has 0 bridgehead atoms. The third-order valence-corrected chi connectivity index (χ3v) is 4.98. The van der Waals surface area contributed by atoms with E-state index in [4.69, 9.17) is 9.47 Å². The molecule has 2 heterocycles. The Morgan fingerprint density at radius 2 is 1.79 bits per heavy atom. The van der Waals surface area contributed by atoms with Crippen LogP contribution in [0.3, 0.4) is 0 Å². The van der Waals surface area contributed by atoms with Gasteiger partial charge in [-0.2, -0.15) is 5.10 Å². The topological polar surface area (TPSA) is 69.9 Å². The number of nitrogens with one attached hydrogen (secondary N) is 1. The van der Waals surface area contributed by atoms with Crippen molar-refractivity contribution in [2.75, 3.05) is 19.5 Å². The molecule has 0 aliphatic carbocycles. The Bertz CT molecular complexity index is 1250. The van der Waals surface area contributed by atoms with E-state index in [-0.39, 0.29) is 5.75 Å². The largest absolute Gasteiger partial charge is 0.573 e. The summed E-state index contributed by atoms with van der Waals surface area (Å²) in [4.78, 5) is 4.65. The molecule has 7 nitrogen and oxygen atoms in total. The number of hydrogen-bond donors (Lipinski definition) is 1. The molecule has 4 aromatic rings. The molecule has 0 spiro atoms. The summed E-state index contributed by atoms with van der Waals surface area (Å²) in [6.07, 6.45) is -0.633. The molecule has 0 unspecified atom stereocenters. The van der Waals surface area contributed by atoms with Gasteiger partial charge in [-0.1, -0.05) is 19.1 Å². The van der Waals surface area contributed by atoms with Crippen LogP contribution in [0.2, 0.25) is 0 Å². The van der Waals surface area contributed by atoms with Crippen molar-refractivity contribution in [2.24, 2.45) is 0 Å². The molecule has 172 valence electrons. The first-order valence-corrected chi connectivity index (χ1v) is 10.0. The van der Waals surface area contributed by atoms with Crippen LogP contribution in [-0.4, -0.2) is 35.2 Å². The van der Waals surface area contributed by atoms with E-state index < -0.39 is 6.36 Å². The number of ether oxygens (including phenoxy) is 3. The molecule has 0 aliphatic rings. The average Bonchev–Trinajstić information content (AvgIpc) is 3.21. The summed E-state index contributed by atoms with van der Waals surface area (Å²) >= 11 is 0. The Morgan fingerprint density at radius 1 is 1.03 bits per heavy atom. The molecule has 10 heteroatoms. The highest BCUT2D eigenvalue weighted by Gasteiger charge is 2.31. The zero-order valence-corrected chi connectivity index (χ0v) is 18.1. The van der Waals surface area contributed by atoms with Gasteiger partial charge >= 0.3 is 6.36 Å². The maximum Gasteiger partial charge on any atom is 0.573 e. The standard InChI is InChI=1S/C23H21F3N4O3/c1-4-14-11-16(12-19(31-2)21(14)32-3)28-20-9-10-30-22(29-20)18(13-27-30)15-5-7-17(8-6-15)33-23(24,25)26/h5-13H,4H2,1-3H3,(H,28,29). The maximum atomic E-state index is 12.4. The van der Waals surface area contributed by atoms with Gasteiger partial charge < -0.3 is 19.5 Å². The highest BCUT2D eigenvalue weighted by atomic mass is 19.4. The molecule has 0 radical (unpaired) electrons. The molecule has 0 amide bonds. The van der Waals surface area contributed by atoms with Gasteiger partial charge in [-0.25, -0.2) is 9.50 Å². The first kappa shape index (κ1) is 22.3. The molecule has 1 N–H and O–H groups in total. The Labute approximate surface area is 187 Å². The van der Waals surface area contributed by atoms with Crippen molar-refractivity contribution in [2.45, 2.75) is 19.7 Å². The fourth-order valence-electron chi connectivity index (χ4n) is 3.50. The Kier molecular flexibility index (Phi) is 5.99. The van der Waals surface area contributed by atoms with Gasteiger partial charge in [0.15, 0.2) is 17.1 Å². The van der Waals surface area contributed by atoms with Crippen molar-refractivity contribution in [1.82, 2.24) is 14.6 Å². The number of aromatic nitrogens is 3. The van der Waals surface area contributed by atoms with E-state index >= 15 is 0 Å². The van der Waals surface area contributed by atoms with Crippen LogP contribution in [0.5, 0.6) is 17.2 Å².